The molecule has 94 heavy (non-hydrogen) atoms. The van der Waals surface area contributed by atoms with Gasteiger partial charge in [-0.1, -0.05) is 109 Å². The van der Waals surface area contributed by atoms with Gasteiger partial charge in [0, 0.05) is 71.7 Å². The van der Waals surface area contributed by atoms with Crippen LogP contribution in [0.3, 0.4) is 0 Å². The summed E-state index contributed by atoms with van der Waals surface area (Å²) in [5.74, 6) is -7.89. The van der Waals surface area contributed by atoms with E-state index in [9.17, 15) is 52.7 Å². The van der Waals surface area contributed by atoms with Crippen molar-refractivity contribution in [3.63, 3.8) is 0 Å². The van der Waals surface area contributed by atoms with Crippen molar-refractivity contribution >= 4 is 105 Å². The van der Waals surface area contributed by atoms with Crippen molar-refractivity contribution in [2.45, 2.75) is 254 Å². The normalized spacial score (nSPS) is 29.1. The van der Waals surface area contributed by atoms with E-state index in [0.29, 0.717) is 87.6 Å². The van der Waals surface area contributed by atoms with E-state index in [4.69, 9.17) is 11.6 Å². The molecule has 4 N–H and O–H groups in total. The molecule has 12 amide bonds. The van der Waals surface area contributed by atoms with Crippen LogP contribution in [0.25, 0.3) is 0 Å². The molecule has 2 saturated carbocycles. The molecule has 0 aromatic heterocycles. The van der Waals surface area contributed by atoms with Crippen LogP contribution in [-0.4, -0.2) is 249 Å². The van der Waals surface area contributed by atoms with E-state index in [-0.39, 0.29) is 55.2 Å². The van der Waals surface area contributed by atoms with Gasteiger partial charge < -0.3 is 60.5 Å². The lowest BCUT2D eigenvalue weighted by Gasteiger charge is -2.39. The summed E-state index contributed by atoms with van der Waals surface area (Å²) < 4.78 is 0.344. The third kappa shape index (κ3) is 23.5. The summed E-state index contributed by atoms with van der Waals surface area (Å²) in [4.78, 5) is 187. The van der Waals surface area contributed by atoms with Crippen LogP contribution in [0.2, 0.25) is 0 Å². The summed E-state index contributed by atoms with van der Waals surface area (Å²) >= 11 is 8.92. The highest BCUT2D eigenvalue weighted by Crippen LogP contribution is 2.34. The van der Waals surface area contributed by atoms with E-state index < -0.39 is 151 Å². The molecule has 0 aromatic carbocycles. The number of hydrogen-bond donors (Lipinski definition) is 4. The predicted molar refractivity (Wildman–Crippen MR) is 371 cm³/mol. The summed E-state index contributed by atoms with van der Waals surface area (Å²) in [6.45, 7) is 13.6. The first kappa shape index (κ1) is 81.1. The second-order valence-electron chi connectivity index (χ2n) is 28.4. The van der Waals surface area contributed by atoms with Crippen LogP contribution in [0.4, 0.5) is 0 Å². The monoisotopic (exact) mass is 1450 g/mol. The van der Waals surface area contributed by atoms with Gasteiger partial charge in [-0.2, -0.15) is 0 Å². The number of rotatable bonds is 15. The molecule has 0 spiro atoms. The van der Waals surface area contributed by atoms with E-state index in [2.05, 4.69) is 43.9 Å². The largest absolute Gasteiger partial charge is 0.343 e. The first-order chi connectivity index (χ1) is 44.2. The number of unbranched alkanes of at least 4 members (excludes halogenated alkanes) is 2. The molecule has 2 unspecified atom stereocenters. The quantitative estimate of drug-likeness (QED) is 0.117. The van der Waals surface area contributed by atoms with E-state index in [1.54, 1.807) is 11.8 Å². The summed E-state index contributed by atoms with van der Waals surface area (Å²) in [6.07, 6.45) is 11.8. The van der Waals surface area contributed by atoms with Crippen LogP contribution < -0.4 is 21.3 Å². The lowest BCUT2D eigenvalue weighted by Crippen LogP contribution is -2.63. The Morgan fingerprint density at radius 2 is 1.15 bits per heavy atom. The van der Waals surface area contributed by atoms with Gasteiger partial charge >= 0.3 is 0 Å². The Kier molecular flexibility index (Phi) is 33.3. The van der Waals surface area contributed by atoms with Crippen molar-refractivity contribution in [1.29, 1.82) is 0 Å². The number of carbonyl (C=O) groups excluding carboxylic acids is 12. The number of hydrogen-bond acceptors (Lipinski definition) is 12. The number of carbonyl (C=O) groups is 12. The van der Waals surface area contributed by atoms with Crippen molar-refractivity contribution < 1.29 is 57.5 Å². The highest BCUT2D eigenvalue weighted by Gasteiger charge is 2.44. The lowest BCUT2D eigenvalue weighted by molar-refractivity contribution is -0.152. The molecule has 2 heterocycles. The molecule has 4 rings (SSSR count). The summed E-state index contributed by atoms with van der Waals surface area (Å²) in [5.41, 5.74) is -1.65. The number of amides is 12. The zero-order valence-corrected chi connectivity index (χ0v) is 62.2. The van der Waals surface area contributed by atoms with Crippen molar-refractivity contribution in [1.82, 2.24) is 60.5 Å². The van der Waals surface area contributed by atoms with E-state index >= 15 is 4.79 Å². The molecule has 26 heteroatoms. The minimum Gasteiger partial charge on any atom is -0.343 e. The number of alkyl halides is 2. The minimum absolute atomic E-state index is 0.000666. The molecule has 10 atom stereocenters. The van der Waals surface area contributed by atoms with E-state index in [1.807, 2.05) is 34.6 Å². The molecular formula is C68H116ClIN12O12. The number of nitrogens with one attached hydrogen (secondary N) is 4. The average molecular weight is 1460 g/mol. The van der Waals surface area contributed by atoms with Crippen molar-refractivity contribution in [2.75, 3.05) is 82.1 Å². The predicted octanol–water partition coefficient (Wildman–Crippen LogP) is 5.48. The summed E-state index contributed by atoms with van der Waals surface area (Å²) in [5, 5.41) is 11.7. The highest BCUT2D eigenvalue weighted by atomic mass is 127. The fourth-order valence-electron chi connectivity index (χ4n) is 13.1. The fraction of sp³-hybridized carbons (Fsp3) is 0.824. The summed E-state index contributed by atoms with van der Waals surface area (Å²) in [6, 6.07) is -8.30. The third-order valence-corrected chi connectivity index (χ3v) is 21.7. The van der Waals surface area contributed by atoms with Crippen LogP contribution in [0.5, 0.6) is 0 Å². The van der Waals surface area contributed by atoms with Gasteiger partial charge in [0.25, 0.3) is 0 Å². The maximum atomic E-state index is 15.1. The van der Waals surface area contributed by atoms with Crippen LogP contribution in [0.15, 0.2) is 0 Å². The second kappa shape index (κ2) is 38.6. The number of piperidine rings is 1. The smallest absolute Gasteiger partial charge is 0.246 e. The van der Waals surface area contributed by atoms with Gasteiger partial charge in [0.2, 0.25) is 70.9 Å². The fourth-order valence-corrected chi connectivity index (χ4v) is 14.5. The number of nitrogens with zero attached hydrogens (tertiary/aromatic N) is 8. The molecule has 24 nitrogen and oxygen atoms in total. The van der Waals surface area contributed by atoms with E-state index in [1.165, 1.54) is 92.6 Å². The van der Waals surface area contributed by atoms with Crippen molar-refractivity contribution in [3.8, 4) is 0 Å². The molecule has 0 bridgehead atoms. The van der Waals surface area contributed by atoms with Gasteiger partial charge in [-0.15, -0.1) is 11.6 Å². The van der Waals surface area contributed by atoms with Gasteiger partial charge in [0.15, 0.2) is 0 Å². The molecule has 2 saturated heterocycles. The van der Waals surface area contributed by atoms with Crippen LogP contribution in [0, 0.1) is 23.7 Å². The average Bonchev–Trinajstić information content (AvgIpc) is 0.825. The molecule has 4 aliphatic rings. The van der Waals surface area contributed by atoms with Gasteiger partial charge in [-0.05, 0) is 127 Å². The lowest BCUT2D eigenvalue weighted by atomic mass is 9.84. The minimum atomic E-state index is -1.65. The number of likely N-dealkylation sites (tertiary alicyclic amines) is 1. The zero-order chi connectivity index (χ0) is 70.5. The third-order valence-electron chi connectivity index (χ3n) is 20.1. The van der Waals surface area contributed by atoms with Gasteiger partial charge in [-0.25, -0.2) is 0 Å². The van der Waals surface area contributed by atoms with Crippen molar-refractivity contribution in [3.05, 3.63) is 0 Å². The molecule has 0 radical (unpaired) electrons. The van der Waals surface area contributed by atoms with Crippen LogP contribution in [-0.2, 0) is 57.5 Å². The number of halogens is 2. The van der Waals surface area contributed by atoms with Crippen molar-refractivity contribution in [2.24, 2.45) is 23.7 Å². The zero-order valence-electron chi connectivity index (χ0n) is 59.3. The molecule has 4 fully saturated rings. The SMILES string of the molecule is CCCC[C@@H]1NC(=O)C(C)(C)N(C)C(=O)[C@H](CCCC)NC(=O)[C@H](CC2CCCC(I)C2)NC(=O)CN(C)C(=O)[C@H](CC2CCC(Cl)CC2)N(C)C(=O)CN(C)C(=O)CN(C)C(=O)[C@H]([C@@H](C)CC)NC(=O)[C@H](CC(C)C)N(C)C(=O)C[C@@H](C(=O)N2CCCCC2)N(C)C1=O. The molecule has 2 aliphatic heterocycles. The topological polar surface area (TPSA) is 279 Å². The Labute approximate surface area is 579 Å². The first-order valence-corrected chi connectivity index (χ1v) is 36.4. The Morgan fingerprint density at radius 3 is 1.72 bits per heavy atom. The van der Waals surface area contributed by atoms with Crippen LogP contribution >= 0.6 is 34.2 Å². The highest BCUT2D eigenvalue weighted by molar-refractivity contribution is 14.1. The van der Waals surface area contributed by atoms with Crippen LogP contribution in [0.1, 0.15) is 197 Å². The molecular weight excluding hydrogens is 1340 g/mol. The van der Waals surface area contributed by atoms with Gasteiger partial charge in [-0.3, -0.25) is 57.5 Å². The second-order valence-corrected chi connectivity index (χ2v) is 30.8. The Balaban J connectivity index is 1.86. The molecule has 534 valence electrons. The Hall–Kier alpha value is -5.34. The standard InChI is InChI=1S/C68H116ClIN12O12/c1-16-19-27-49-62(89)80(14)54(65(92)82-33-22-21-23-34-82)39-56(84)78(12)52(35-43(4)5)61(88)74-59(44(6)18-3)66(93)77(11)41-57(85)75(9)42-58(86)79(13)53(38-45-29-31-47(69)32-30-45)64(91)76(10)40-55(83)71-51(37-46-25-24-26-48(70)36-46)60(87)72-50(28-20-17-2)63(90)81(15)68(7,8)67(94)73-49/h43-54,59H,16-42H2,1-15H3,(H,71,83)(H,72,87)(H,73,94)(H,74,88)/t44-,45?,46?,47?,48?,49-,50-,51-,52-,53-,54-,59-/m0/s1. The maximum absolute atomic E-state index is 15.1. The first-order valence-electron chi connectivity index (χ1n) is 34.8. The Morgan fingerprint density at radius 1 is 0.574 bits per heavy atom. The van der Waals surface area contributed by atoms with Gasteiger partial charge in [0.05, 0.1) is 26.1 Å². The maximum Gasteiger partial charge on any atom is 0.246 e. The Bertz CT molecular complexity index is 2600. The molecule has 0 aromatic rings. The van der Waals surface area contributed by atoms with Gasteiger partial charge in [0.1, 0.15) is 47.8 Å². The van der Waals surface area contributed by atoms with E-state index in [0.717, 1.165) is 37.0 Å². The summed E-state index contributed by atoms with van der Waals surface area (Å²) in [7, 11) is 10.1. The molecule has 2 aliphatic carbocycles. The number of likely N-dealkylation sites (N-methyl/N-ethyl adjacent to an activating group) is 7.